The van der Waals surface area contributed by atoms with Crippen molar-refractivity contribution in [3.63, 3.8) is 0 Å². The van der Waals surface area contributed by atoms with Crippen LogP contribution in [0, 0.1) is 4.77 Å². The highest BCUT2D eigenvalue weighted by Crippen LogP contribution is 2.22. The van der Waals surface area contributed by atoms with Crippen LogP contribution in [-0.2, 0) is 11.3 Å². The Morgan fingerprint density at radius 1 is 1.21 bits per heavy atom. The average molecular weight is 397 g/mol. The highest BCUT2D eigenvalue weighted by atomic mass is 32.1. The van der Waals surface area contributed by atoms with Crippen molar-refractivity contribution in [1.29, 1.82) is 0 Å². The number of hydrogen-bond donors (Lipinski definition) is 1. The maximum absolute atomic E-state index is 12.7. The summed E-state index contributed by atoms with van der Waals surface area (Å²) in [6.07, 6.45) is 0.338. The SMILES string of the molecule is COc1ccc(-c2n[nH]c(=S)n2CCC(=O)N(C)[C@H](C)c2ccccc2)cc1. The van der Waals surface area contributed by atoms with Crippen molar-refractivity contribution in [3.05, 3.63) is 64.9 Å². The Morgan fingerprint density at radius 3 is 2.54 bits per heavy atom. The van der Waals surface area contributed by atoms with Gasteiger partial charge in [-0.2, -0.15) is 5.10 Å². The molecule has 6 nitrogen and oxygen atoms in total. The fourth-order valence-corrected chi connectivity index (χ4v) is 3.26. The van der Waals surface area contributed by atoms with E-state index in [1.807, 2.05) is 73.1 Å². The second kappa shape index (κ2) is 8.84. The van der Waals surface area contributed by atoms with E-state index < -0.39 is 0 Å². The number of H-pyrrole nitrogens is 1. The summed E-state index contributed by atoms with van der Waals surface area (Å²) >= 11 is 5.36. The van der Waals surface area contributed by atoms with Gasteiger partial charge in [0.2, 0.25) is 5.91 Å². The second-order valence-corrected chi connectivity index (χ2v) is 6.96. The first kappa shape index (κ1) is 19.8. The fourth-order valence-electron chi connectivity index (χ4n) is 3.04. The molecular formula is C21H24N4O2S. The van der Waals surface area contributed by atoms with Gasteiger partial charge in [-0.1, -0.05) is 30.3 Å². The van der Waals surface area contributed by atoms with Crippen LogP contribution in [0.3, 0.4) is 0 Å². The molecular weight excluding hydrogens is 372 g/mol. The molecule has 0 aliphatic heterocycles. The molecule has 1 heterocycles. The molecule has 0 aliphatic carbocycles. The van der Waals surface area contributed by atoms with Crippen LogP contribution in [0.2, 0.25) is 0 Å². The van der Waals surface area contributed by atoms with Crippen LogP contribution in [0.25, 0.3) is 11.4 Å². The van der Waals surface area contributed by atoms with Crippen molar-refractivity contribution < 1.29 is 9.53 Å². The molecule has 3 aromatic rings. The van der Waals surface area contributed by atoms with Crippen molar-refractivity contribution in [2.75, 3.05) is 14.2 Å². The number of aromatic nitrogens is 3. The first-order valence-electron chi connectivity index (χ1n) is 9.11. The quantitative estimate of drug-likeness (QED) is 0.607. The average Bonchev–Trinajstić information content (AvgIpc) is 3.11. The van der Waals surface area contributed by atoms with Crippen LogP contribution >= 0.6 is 12.2 Å². The number of aromatic amines is 1. The van der Waals surface area contributed by atoms with E-state index in [0.717, 1.165) is 16.9 Å². The second-order valence-electron chi connectivity index (χ2n) is 6.57. The molecule has 1 amide bonds. The zero-order valence-electron chi connectivity index (χ0n) is 16.3. The van der Waals surface area contributed by atoms with Gasteiger partial charge in [0.1, 0.15) is 5.75 Å². The Kier molecular flexibility index (Phi) is 6.26. The first-order valence-corrected chi connectivity index (χ1v) is 9.52. The van der Waals surface area contributed by atoms with Crippen LogP contribution in [0.1, 0.15) is 24.9 Å². The summed E-state index contributed by atoms with van der Waals surface area (Å²) in [5.41, 5.74) is 2.02. The highest BCUT2D eigenvalue weighted by Gasteiger charge is 2.18. The minimum Gasteiger partial charge on any atom is -0.497 e. The van der Waals surface area contributed by atoms with Crippen LogP contribution in [0.15, 0.2) is 54.6 Å². The summed E-state index contributed by atoms with van der Waals surface area (Å²) in [7, 11) is 3.46. The standard InChI is InChI=1S/C21H24N4O2S/c1-15(16-7-5-4-6-8-16)24(2)19(26)13-14-25-20(22-23-21(25)28)17-9-11-18(27-3)12-10-17/h4-12,15H,13-14H2,1-3H3,(H,23,28)/t15-/m1/s1. The predicted molar refractivity (Wildman–Crippen MR) is 112 cm³/mol. The lowest BCUT2D eigenvalue weighted by Crippen LogP contribution is -2.30. The fraction of sp³-hybridized carbons (Fsp3) is 0.286. The summed E-state index contributed by atoms with van der Waals surface area (Å²) in [6.45, 7) is 2.49. The molecule has 0 radical (unpaired) electrons. The number of rotatable bonds is 7. The highest BCUT2D eigenvalue weighted by molar-refractivity contribution is 7.71. The van der Waals surface area contributed by atoms with E-state index in [-0.39, 0.29) is 11.9 Å². The van der Waals surface area contributed by atoms with Crippen LogP contribution in [0.5, 0.6) is 5.75 Å². The zero-order valence-corrected chi connectivity index (χ0v) is 17.1. The minimum atomic E-state index is 0.00656. The van der Waals surface area contributed by atoms with E-state index in [4.69, 9.17) is 17.0 Å². The molecule has 1 N–H and O–H groups in total. The molecule has 7 heteroatoms. The maximum atomic E-state index is 12.7. The topological polar surface area (TPSA) is 63.1 Å². The van der Waals surface area contributed by atoms with E-state index in [0.29, 0.717) is 23.6 Å². The van der Waals surface area contributed by atoms with Crippen molar-refractivity contribution in [2.45, 2.75) is 25.9 Å². The molecule has 3 rings (SSSR count). The molecule has 0 fully saturated rings. The van der Waals surface area contributed by atoms with Crippen molar-refractivity contribution in [3.8, 4) is 17.1 Å². The number of nitrogens with zero attached hydrogens (tertiary/aromatic N) is 3. The molecule has 0 bridgehead atoms. The normalized spacial score (nSPS) is 11.8. The van der Waals surface area contributed by atoms with E-state index in [1.54, 1.807) is 12.0 Å². The molecule has 0 unspecified atom stereocenters. The van der Waals surface area contributed by atoms with Gasteiger partial charge in [0, 0.05) is 25.6 Å². The number of carbonyl (C=O) groups excluding carboxylic acids is 1. The number of ether oxygens (including phenoxy) is 1. The van der Waals surface area contributed by atoms with E-state index in [1.165, 1.54) is 0 Å². The third-order valence-corrected chi connectivity index (χ3v) is 5.22. The Bertz CT molecular complexity index is 980. The van der Waals surface area contributed by atoms with Crippen molar-refractivity contribution in [1.82, 2.24) is 19.7 Å². The molecule has 1 atom stereocenters. The molecule has 146 valence electrons. The van der Waals surface area contributed by atoms with E-state index in [9.17, 15) is 4.79 Å². The molecule has 0 saturated carbocycles. The molecule has 1 aromatic heterocycles. The Labute approximate surface area is 169 Å². The lowest BCUT2D eigenvalue weighted by molar-refractivity contribution is -0.132. The minimum absolute atomic E-state index is 0.00656. The number of amides is 1. The first-order chi connectivity index (χ1) is 13.5. The summed E-state index contributed by atoms with van der Waals surface area (Å²) < 4.78 is 7.55. The lowest BCUT2D eigenvalue weighted by atomic mass is 10.1. The summed E-state index contributed by atoms with van der Waals surface area (Å²) in [4.78, 5) is 14.5. The Balaban J connectivity index is 1.71. The van der Waals surface area contributed by atoms with Crippen LogP contribution in [-0.4, -0.2) is 39.7 Å². The number of hydrogen-bond acceptors (Lipinski definition) is 4. The van der Waals surface area contributed by atoms with E-state index in [2.05, 4.69) is 10.2 Å². The number of nitrogens with one attached hydrogen (secondary N) is 1. The van der Waals surface area contributed by atoms with Gasteiger partial charge in [-0.05, 0) is 49.0 Å². The smallest absolute Gasteiger partial charge is 0.224 e. The third-order valence-electron chi connectivity index (χ3n) is 4.91. The summed E-state index contributed by atoms with van der Waals surface area (Å²) in [5, 5.41) is 7.15. The van der Waals surface area contributed by atoms with Crippen molar-refractivity contribution in [2.24, 2.45) is 0 Å². The maximum Gasteiger partial charge on any atom is 0.224 e. The van der Waals surface area contributed by atoms with Crippen molar-refractivity contribution >= 4 is 18.1 Å². The molecule has 0 saturated heterocycles. The van der Waals surface area contributed by atoms with E-state index >= 15 is 0 Å². The van der Waals surface area contributed by atoms with Gasteiger partial charge in [0.15, 0.2) is 10.6 Å². The molecule has 2 aromatic carbocycles. The molecule has 0 spiro atoms. The van der Waals surface area contributed by atoms with Crippen LogP contribution < -0.4 is 4.74 Å². The lowest BCUT2D eigenvalue weighted by Gasteiger charge is -2.25. The van der Waals surface area contributed by atoms with Gasteiger partial charge >= 0.3 is 0 Å². The van der Waals surface area contributed by atoms with Gasteiger partial charge in [0.25, 0.3) is 0 Å². The Morgan fingerprint density at radius 2 is 1.89 bits per heavy atom. The monoisotopic (exact) mass is 396 g/mol. The molecule has 0 aliphatic rings. The van der Waals surface area contributed by atoms with Crippen LogP contribution in [0.4, 0.5) is 0 Å². The predicted octanol–water partition coefficient (Wildman–Crippen LogP) is 4.23. The molecule has 28 heavy (non-hydrogen) atoms. The largest absolute Gasteiger partial charge is 0.497 e. The van der Waals surface area contributed by atoms with Gasteiger partial charge in [0.05, 0.1) is 13.2 Å². The van der Waals surface area contributed by atoms with Gasteiger partial charge in [-0.25, -0.2) is 0 Å². The van der Waals surface area contributed by atoms with Gasteiger partial charge < -0.3 is 9.64 Å². The Hall–Kier alpha value is -2.93. The number of methoxy groups -OCH3 is 1. The summed E-state index contributed by atoms with van der Waals surface area (Å²) in [5.74, 6) is 1.54. The third kappa shape index (κ3) is 4.31. The number of carbonyl (C=O) groups is 1. The number of benzene rings is 2. The van der Waals surface area contributed by atoms with Gasteiger partial charge in [-0.15, -0.1) is 0 Å². The van der Waals surface area contributed by atoms with Gasteiger partial charge in [-0.3, -0.25) is 14.5 Å². The summed E-state index contributed by atoms with van der Waals surface area (Å²) in [6, 6.07) is 17.6. The zero-order chi connectivity index (χ0) is 20.1.